The Kier molecular flexibility index (Phi) is 3.29. The van der Waals surface area contributed by atoms with Crippen LogP contribution in [0, 0.1) is 18.3 Å². The Hall–Kier alpha value is -0.890. The highest BCUT2D eigenvalue weighted by Gasteiger charge is 2.10. The van der Waals surface area contributed by atoms with E-state index in [9.17, 15) is 0 Å². The molecule has 0 spiro atoms. The second kappa shape index (κ2) is 4.54. The molecular weight excluding hydrogens is 308 g/mol. The number of aromatic nitrogens is 1. The van der Waals surface area contributed by atoms with E-state index in [2.05, 4.69) is 20.9 Å². The Morgan fingerprint density at radius 3 is 2.81 bits per heavy atom. The van der Waals surface area contributed by atoms with Crippen molar-refractivity contribution in [2.45, 2.75) is 6.92 Å². The Morgan fingerprint density at radius 2 is 2.25 bits per heavy atom. The van der Waals surface area contributed by atoms with Crippen molar-refractivity contribution in [3.05, 3.63) is 38.3 Å². The van der Waals surface area contributed by atoms with Gasteiger partial charge in [0.1, 0.15) is 11.2 Å². The smallest absolute Gasteiger partial charge is 0.147 e. The van der Waals surface area contributed by atoms with E-state index >= 15 is 0 Å². The molecule has 2 heterocycles. The number of aryl methyl sites for hydroxylation is 1. The highest BCUT2D eigenvalue weighted by atomic mass is 79.9. The van der Waals surface area contributed by atoms with Crippen molar-refractivity contribution in [3.63, 3.8) is 0 Å². The van der Waals surface area contributed by atoms with Crippen molar-refractivity contribution in [2.24, 2.45) is 0 Å². The minimum absolute atomic E-state index is 0.257. The van der Waals surface area contributed by atoms with Crippen LogP contribution in [-0.2, 0) is 0 Å². The van der Waals surface area contributed by atoms with E-state index in [-0.39, 0.29) is 5.15 Å². The van der Waals surface area contributed by atoms with Gasteiger partial charge in [0, 0.05) is 0 Å². The van der Waals surface area contributed by atoms with E-state index in [1.54, 1.807) is 17.4 Å². The van der Waals surface area contributed by atoms with Crippen LogP contribution in [0.15, 0.2) is 22.0 Å². The normalized spacial score (nSPS) is 10.1. The third-order valence-electron chi connectivity index (χ3n) is 2.09. The number of nitrogens with zero attached hydrogens (tertiary/aromatic N) is 2. The third kappa shape index (κ3) is 2.12. The van der Waals surface area contributed by atoms with Crippen LogP contribution in [0.2, 0.25) is 5.15 Å². The van der Waals surface area contributed by atoms with Crippen LogP contribution in [0.25, 0.3) is 10.6 Å². The number of nitriles is 1. The minimum Gasteiger partial charge on any atom is -0.234 e. The molecule has 16 heavy (non-hydrogen) atoms. The number of hydrogen-bond donors (Lipinski definition) is 0. The zero-order valence-electron chi connectivity index (χ0n) is 8.29. The van der Waals surface area contributed by atoms with E-state index in [4.69, 9.17) is 16.9 Å². The largest absolute Gasteiger partial charge is 0.234 e. The molecule has 0 aliphatic carbocycles. The predicted octanol–water partition coefficient (Wildman–Crippen LogP) is 4.41. The highest BCUT2D eigenvalue weighted by molar-refractivity contribution is 9.11. The van der Waals surface area contributed by atoms with Crippen molar-refractivity contribution in [2.75, 3.05) is 0 Å². The van der Waals surface area contributed by atoms with Gasteiger partial charge in [-0.25, -0.2) is 4.98 Å². The van der Waals surface area contributed by atoms with Gasteiger partial charge < -0.3 is 0 Å². The SMILES string of the molecule is Cc1cc(C#N)c(Cl)nc1-c1ccc(Br)s1. The standard InChI is InChI=1S/C11H6BrClN2S/c1-6-4-7(5-14)11(13)15-10(6)8-2-3-9(12)16-8/h2-4H,1H3. The number of rotatable bonds is 1. The molecular formula is C11H6BrClN2S. The molecule has 0 atom stereocenters. The van der Waals surface area contributed by atoms with Gasteiger partial charge in [0.2, 0.25) is 0 Å². The lowest BCUT2D eigenvalue weighted by atomic mass is 10.1. The van der Waals surface area contributed by atoms with Crippen LogP contribution in [0.1, 0.15) is 11.1 Å². The number of thiophene rings is 1. The summed E-state index contributed by atoms with van der Waals surface area (Å²) in [4.78, 5) is 5.30. The summed E-state index contributed by atoms with van der Waals surface area (Å²) < 4.78 is 1.05. The van der Waals surface area contributed by atoms with Gasteiger partial charge in [-0.1, -0.05) is 11.6 Å². The summed E-state index contributed by atoms with van der Waals surface area (Å²) in [6, 6.07) is 7.73. The molecule has 0 radical (unpaired) electrons. The average Bonchev–Trinajstić information content (AvgIpc) is 2.67. The molecule has 2 nitrogen and oxygen atoms in total. The molecule has 80 valence electrons. The van der Waals surface area contributed by atoms with Gasteiger partial charge in [-0.2, -0.15) is 5.26 Å². The molecule has 0 unspecified atom stereocenters. The van der Waals surface area contributed by atoms with Gasteiger partial charge in [-0.15, -0.1) is 11.3 Å². The zero-order chi connectivity index (χ0) is 11.7. The minimum atomic E-state index is 0.257. The van der Waals surface area contributed by atoms with Gasteiger partial charge in [-0.05, 0) is 46.6 Å². The Balaban J connectivity index is 2.59. The molecule has 0 aliphatic heterocycles. The summed E-state index contributed by atoms with van der Waals surface area (Å²) in [6.07, 6.45) is 0. The van der Waals surface area contributed by atoms with Crippen molar-refractivity contribution >= 4 is 38.9 Å². The van der Waals surface area contributed by atoms with E-state index in [0.717, 1.165) is 19.9 Å². The number of pyridine rings is 1. The van der Waals surface area contributed by atoms with Gasteiger partial charge in [-0.3, -0.25) is 0 Å². The van der Waals surface area contributed by atoms with Crippen LogP contribution in [0.4, 0.5) is 0 Å². The molecule has 0 aromatic carbocycles. The molecule has 0 bridgehead atoms. The molecule has 0 saturated heterocycles. The molecule has 0 N–H and O–H groups in total. The second-order valence-electron chi connectivity index (χ2n) is 3.21. The molecule has 0 amide bonds. The van der Waals surface area contributed by atoms with Gasteiger partial charge in [0.15, 0.2) is 0 Å². The summed E-state index contributed by atoms with van der Waals surface area (Å²) in [5.74, 6) is 0. The first-order valence-electron chi connectivity index (χ1n) is 4.45. The molecule has 0 aliphatic rings. The van der Waals surface area contributed by atoms with E-state index in [0.29, 0.717) is 5.56 Å². The number of halogens is 2. The summed E-state index contributed by atoms with van der Waals surface area (Å²) in [5.41, 5.74) is 2.20. The lowest BCUT2D eigenvalue weighted by molar-refractivity contribution is 1.26. The molecule has 0 fully saturated rings. The van der Waals surface area contributed by atoms with Crippen molar-refractivity contribution in [1.82, 2.24) is 4.98 Å². The van der Waals surface area contributed by atoms with Crippen LogP contribution in [0.5, 0.6) is 0 Å². The van der Waals surface area contributed by atoms with E-state index in [1.807, 2.05) is 25.1 Å². The van der Waals surface area contributed by atoms with Crippen molar-refractivity contribution in [1.29, 1.82) is 5.26 Å². The lowest BCUT2D eigenvalue weighted by Gasteiger charge is -2.04. The number of hydrogen-bond acceptors (Lipinski definition) is 3. The Labute approximate surface area is 111 Å². The molecule has 2 rings (SSSR count). The topological polar surface area (TPSA) is 36.7 Å². The van der Waals surface area contributed by atoms with Crippen molar-refractivity contribution in [3.8, 4) is 16.6 Å². The van der Waals surface area contributed by atoms with Gasteiger partial charge in [0.05, 0.1) is 19.9 Å². The fourth-order valence-electron chi connectivity index (χ4n) is 1.36. The average molecular weight is 314 g/mol. The predicted molar refractivity (Wildman–Crippen MR) is 69.7 cm³/mol. The van der Waals surface area contributed by atoms with E-state index in [1.165, 1.54) is 0 Å². The summed E-state index contributed by atoms with van der Waals surface area (Å²) in [7, 11) is 0. The summed E-state index contributed by atoms with van der Waals surface area (Å²) in [5, 5.41) is 9.09. The molecule has 5 heteroatoms. The maximum Gasteiger partial charge on any atom is 0.147 e. The molecule has 2 aromatic rings. The fourth-order valence-corrected chi connectivity index (χ4v) is 2.98. The van der Waals surface area contributed by atoms with Gasteiger partial charge >= 0.3 is 0 Å². The second-order valence-corrected chi connectivity index (χ2v) is 6.03. The first-order valence-corrected chi connectivity index (χ1v) is 6.43. The maximum absolute atomic E-state index is 8.83. The molecule has 2 aromatic heterocycles. The summed E-state index contributed by atoms with van der Waals surface area (Å²) in [6.45, 7) is 1.92. The van der Waals surface area contributed by atoms with Crippen LogP contribution in [0.3, 0.4) is 0 Å². The quantitative estimate of drug-likeness (QED) is 0.731. The fraction of sp³-hybridized carbons (Fsp3) is 0.0909. The first kappa shape index (κ1) is 11.6. The summed E-state index contributed by atoms with van der Waals surface area (Å²) >= 11 is 10.9. The highest BCUT2D eigenvalue weighted by Crippen LogP contribution is 2.33. The monoisotopic (exact) mass is 312 g/mol. The van der Waals surface area contributed by atoms with Gasteiger partial charge in [0.25, 0.3) is 0 Å². The van der Waals surface area contributed by atoms with Crippen LogP contribution >= 0.6 is 38.9 Å². The van der Waals surface area contributed by atoms with Crippen LogP contribution < -0.4 is 0 Å². The Morgan fingerprint density at radius 1 is 1.50 bits per heavy atom. The third-order valence-corrected chi connectivity index (χ3v) is 4.01. The maximum atomic E-state index is 8.83. The lowest BCUT2D eigenvalue weighted by Crippen LogP contribution is -1.90. The van der Waals surface area contributed by atoms with Crippen LogP contribution in [-0.4, -0.2) is 4.98 Å². The molecule has 0 saturated carbocycles. The van der Waals surface area contributed by atoms with Crippen molar-refractivity contribution < 1.29 is 0 Å². The zero-order valence-corrected chi connectivity index (χ0v) is 11.4. The Bertz CT molecular complexity index is 586. The first-order chi connectivity index (χ1) is 7.61. The van der Waals surface area contributed by atoms with E-state index < -0.39 is 0 Å².